The van der Waals surface area contributed by atoms with Gasteiger partial charge in [0.2, 0.25) is 5.89 Å². The van der Waals surface area contributed by atoms with Crippen LogP contribution in [0.1, 0.15) is 0 Å². The normalized spacial score (nSPS) is 11.5. The standard InChI is InChI=1S/C47H30N2O2/c1-2-12-32(13-3-1)38-15-6-8-19-43(38)49(37-27-28-45-41(30-37)40-16-7-9-20-44(40)50-45)36-25-23-33(24-26-36)39-17-10-18-42-46(39)51-47(48-42)35-22-21-31-11-4-5-14-34(31)29-35/h1-30H. The van der Waals surface area contributed by atoms with Gasteiger partial charge in [-0.3, -0.25) is 0 Å². The molecule has 0 bridgehead atoms. The minimum Gasteiger partial charge on any atom is -0.456 e. The van der Waals surface area contributed by atoms with Crippen molar-refractivity contribution in [1.29, 1.82) is 0 Å². The van der Waals surface area contributed by atoms with Gasteiger partial charge in [0, 0.05) is 38.8 Å². The summed E-state index contributed by atoms with van der Waals surface area (Å²) >= 11 is 0. The molecule has 0 spiro atoms. The largest absolute Gasteiger partial charge is 0.456 e. The lowest BCUT2D eigenvalue weighted by Gasteiger charge is -2.28. The molecule has 0 aliphatic rings. The number of hydrogen-bond donors (Lipinski definition) is 0. The van der Waals surface area contributed by atoms with Crippen LogP contribution in [0.5, 0.6) is 0 Å². The summed E-state index contributed by atoms with van der Waals surface area (Å²) in [5, 5.41) is 4.54. The van der Waals surface area contributed by atoms with E-state index >= 15 is 0 Å². The van der Waals surface area contributed by atoms with Crippen molar-refractivity contribution < 1.29 is 8.83 Å². The molecule has 0 amide bonds. The van der Waals surface area contributed by atoms with Gasteiger partial charge in [0.15, 0.2) is 5.58 Å². The predicted molar refractivity (Wildman–Crippen MR) is 210 cm³/mol. The maximum atomic E-state index is 6.51. The zero-order chi connectivity index (χ0) is 33.7. The maximum Gasteiger partial charge on any atom is 0.227 e. The highest BCUT2D eigenvalue weighted by Crippen LogP contribution is 2.43. The fraction of sp³-hybridized carbons (Fsp3) is 0. The number of fused-ring (bicyclic) bond motifs is 5. The molecule has 2 aromatic heterocycles. The van der Waals surface area contributed by atoms with Gasteiger partial charge in [-0.15, -0.1) is 0 Å². The number of furan rings is 1. The lowest BCUT2D eigenvalue weighted by Crippen LogP contribution is -2.11. The van der Waals surface area contributed by atoms with E-state index < -0.39 is 0 Å². The maximum absolute atomic E-state index is 6.51. The zero-order valence-corrected chi connectivity index (χ0v) is 27.5. The van der Waals surface area contributed by atoms with Crippen LogP contribution in [-0.4, -0.2) is 4.98 Å². The van der Waals surface area contributed by atoms with Crippen LogP contribution in [0.25, 0.3) is 77.5 Å². The summed E-state index contributed by atoms with van der Waals surface area (Å²) in [5.74, 6) is 0.616. The average molecular weight is 655 g/mol. The number of anilines is 3. The predicted octanol–water partition coefficient (Wildman–Crippen LogP) is 13.4. The van der Waals surface area contributed by atoms with Crippen molar-refractivity contribution in [1.82, 2.24) is 4.98 Å². The Balaban J connectivity index is 1.09. The molecule has 0 aliphatic carbocycles. The first kappa shape index (κ1) is 29.0. The van der Waals surface area contributed by atoms with E-state index in [1.54, 1.807) is 0 Å². The van der Waals surface area contributed by atoms with Gasteiger partial charge in [-0.2, -0.15) is 0 Å². The van der Waals surface area contributed by atoms with Crippen LogP contribution in [0.15, 0.2) is 191 Å². The quantitative estimate of drug-likeness (QED) is 0.179. The summed E-state index contributed by atoms with van der Waals surface area (Å²) < 4.78 is 12.7. The van der Waals surface area contributed by atoms with Crippen LogP contribution >= 0.6 is 0 Å². The minimum absolute atomic E-state index is 0.616. The van der Waals surface area contributed by atoms with Crippen molar-refractivity contribution in [2.24, 2.45) is 0 Å². The van der Waals surface area contributed by atoms with Gasteiger partial charge in [0.1, 0.15) is 16.7 Å². The molecular weight excluding hydrogens is 625 g/mol. The molecule has 0 radical (unpaired) electrons. The molecule has 0 N–H and O–H groups in total. The number of para-hydroxylation sites is 3. The molecular formula is C47H30N2O2. The molecule has 240 valence electrons. The number of aromatic nitrogens is 1. The monoisotopic (exact) mass is 654 g/mol. The smallest absolute Gasteiger partial charge is 0.227 e. The highest BCUT2D eigenvalue weighted by atomic mass is 16.3. The van der Waals surface area contributed by atoms with E-state index in [0.29, 0.717) is 5.89 Å². The van der Waals surface area contributed by atoms with Crippen molar-refractivity contribution in [3.05, 3.63) is 182 Å². The van der Waals surface area contributed by atoms with Crippen LogP contribution in [0.3, 0.4) is 0 Å². The van der Waals surface area contributed by atoms with Crippen LogP contribution in [0.4, 0.5) is 17.1 Å². The van der Waals surface area contributed by atoms with Crippen molar-refractivity contribution in [2.75, 3.05) is 4.90 Å². The molecule has 0 saturated carbocycles. The Morgan fingerprint density at radius 1 is 0.412 bits per heavy atom. The number of nitrogens with zero attached hydrogens (tertiary/aromatic N) is 2. The van der Waals surface area contributed by atoms with Crippen molar-refractivity contribution in [2.45, 2.75) is 0 Å². The molecule has 51 heavy (non-hydrogen) atoms. The minimum atomic E-state index is 0.616. The molecule has 0 atom stereocenters. The third kappa shape index (κ3) is 5.04. The Morgan fingerprint density at radius 2 is 1.10 bits per heavy atom. The van der Waals surface area contributed by atoms with Gasteiger partial charge in [0.05, 0.1) is 5.69 Å². The van der Waals surface area contributed by atoms with E-state index in [9.17, 15) is 0 Å². The Morgan fingerprint density at radius 3 is 2.00 bits per heavy atom. The van der Waals surface area contributed by atoms with Crippen LogP contribution < -0.4 is 4.90 Å². The van der Waals surface area contributed by atoms with Gasteiger partial charge in [0.25, 0.3) is 0 Å². The zero-order valence-electron chi connectivity index (χ0n) is 27.5. The fourth-order valence-corrected chi connectivity index (χ4v) is 7.22. The van der Waals surface area contributed by atoms with Crippen LogP contribution in [0, 0.1) is 0 Å². The van der Waals surface area contributed by atoms with Crippen molar-refractivity contribution in [3.63, 3.8) is 0 Å². The molecule has 0 aliphatic heterocycles. The Kier molecular flexibility index (Phi) is 6.78. The summed E-state index contributed by atoms with van der Waals surface area (Å²) in [6.07, 6.45) is 0. The number of hydrogen-bond acceptors (Lipinski definition) is 4. The van der Waals surface area contributed by atoms with Gasteiger partial charge >= 0.3 is 0 Å². The average Bonchev–Trinajstić information content (AvgIpc) is 3.81. The first-order valence-corrected chi connectivity index (χ1v) is 17.1. The van der Waals surface area contributed by atoms with E-state index in [1.807, 2.05) is 24.3 Å². The van der Waals surface area contributed by atoms with E-state index in [2.05, 4.69) is 163 Å². The summed E-state index contributed by atoms with van der Waals surface area (Å²) in [5.41, 5.74) is 11.8. The summed E-state index contributed by atoms with van der Waals surface area (Å²) in [6.45, 7) is 0. The first-order valence-electron chi connectivity index (χ1n) is 17.1. The first-order chi connectivity index (χ1) is 25.3. The van der Waals surface area contributed by atoms with E-state index in [4.69, 9.17) is 13.8 Å². The fourth-order valence-electron chi connectivity index (χ4n) is 7.22. The third-order valence-corrected chi connectivity index (χ3v) is 9.70. The number of benzene rings is 8. The van der Waals surface area contributed by atoms with E-state index in [0.717, 1.165) is 83.3 Å². The van der Waals surface area contributed by atoms with Crippen LogP contribution in [-0.2, 0) is 0 Å². The topological polar surface area (TPSA) is 42.4 Å². The molecule has 0 unspecified atom stereocenters. The highest BCUT2D eigenvalue weighted by molar-refractivity contribution is 6.07. The highest BCUT2D eigenvalue weighted by Gasteiger charge is 2.20. The number of oxazole rings is 1. The molecule has 2 heterocycles. The van der Waals surface area contributed by atoms with Crippen molar-refractivity contribution in [3.8, 4) is 33.7 Å². The second-order valence-corrected chi connectivity index (χ2v) is 12.8. The second-order valence-electron chi connectivity index (χ2n) is 12.8. The second kappa shape index (κ2) is 11.9. The van der Waals surface area contributed by atoms with Gasteiger partial charge in [-0.1, -0.05) is 121 Å². The molecule has 4 heteroatoms. The Labute approximate surface area is 294 Å². The van der Waals surface area contributed by atoms with Crippen LogP contribution in [0.2, 0.25) is 0 Å². The summed E-state index contributed by atoms with van der Waals surface area (Å²) in [6, 6.07) is 63.4. The molecule has 0 fully saturated rings. The lowest BCUT2D eigenvalue weighted by atomic mass is 10.0. The molecule has 10 aromatic rings. The van der Waals surface area contributed by atoms with Gasteiger partial charge in [-0.25, -0.2) is 4.98 Å². The molecule has 4 nitrogen and oxygen atoms in total. The number of rotatable bonds is 6. The van der Waals surface area contributed by atoms with Crippen molar-refractivity contribution >= 4 is 60.9 Å². The van der Waals surface area contributed by atoms with Gasteiger partial charge < -0.3 is 13.7 Å². The lowest BCUT2D eigenvalue weighted by molar-refractivity contribution is 0.621. The Hall–Kier alpha value is -6.91. The SMILES string of the molecule is c1ccc(-c2ccccc2N(c2ccc(-c3cccc4nc(-c5ccc6ccccc6c5)oc34)cc2)c2ccc3oc4ccccc4c3c2)cc1. The van der Waals surface area contributed by atoms with E-state index in [1.165, 1.54) is 5.39 Å². The summed E-state index contributed by atoms with van der Waals surface area (Å²) in [7, 11) is 0. The molecule has 0 saturated heterocycles. The molecule has 8 aromatic carbocycles. The van der Waals surface area contributed by atoms with E-state index in [-0.39, 0.29) is 0 Å². The summed E-state index contributed by atoms with van der Waals surface area (Å²) in [4.78, 5) is 7.23. The van der Waals surface area contributed by atoms with Gasteiger partial charge in [-0.05, 0) is 82.6 Å². The Bertz CT molecular complexity index is 2870. The molecule has 10 rings (SSSR count). The third-order valence-electron chi connectivity index (χ3n) is 9.70.